The molecule has 5 unspecified atom stereocenters. The van der Waals surface area contributed by atoms with Gasteiger partial charge in [0.05, 0.1) is 35.7 Å². The zero-order valence-electron chi connectivity index (χ0n) is 33.7. The van der Waals surface area contributed by atoms with E-state index in [4.69, 9.17) is 30.0 Å². The highest BCUT2D eigenvalue weighted by Crippen LogP contribution is 2.50. The predicted octanol–water partition coefficient (Wildman–Crippen LogP) is 5.72. The average molecular weight is 862 g/mol. The third-order valence-electron chi connectivity index (χ3n) is 10.1. The van der Waals surface area contributed by atoms with Crippen molar-refractivity contribution in [1.82, 2.24) is 25.2 Å². The quantitative estimate of drug-likeness (QED) is 0.211. The van der Waals surface area contributed by atoms with Gasteiger partial charge in [0.2, 0.25) is 17.7 Å². The Hall–Kier alpha value is -4.10. The second-order valence-electron chi connectivity index (χ2n) is 17.2. The molecular weight excluding hydrogens is 811 g/mol. The van der Waals surface area contributed by atoms with Crippen LogP contribution in [-0.4, -0.2) is 96.4 Å². The summed E-state index contributed by atoms with van der Waals surface area (Å²) in [6.45, 7) is 13.7. The van der Waals surface area contributed by atoms with Gasteiger partial charge in [0.25, 0.3) is 5.91 Å². The minimum atomic E-state index is -5.04. The molecule has 15 nitrogen and oxygen atoms in total. The highest BCUT2D eigenvalue weighted by molar-refractivity contribution is 7.85. The van der Waals surface area contributed by atoms with Crippen LogP contribution in [-0.2, 0) is 33.6 Å². The minimum absolute atomic E-state index is 0.000330. The largest absolute Gasteiger partial charge is 0.488 e. The van der Waals surface area contributed by atoms with E-state index in [0.717, 1.165) is 0 Å². The summed E-state index contributed by atoms with van der Waals surface area (Å²) in [5, 5.41) is 6.16. The van der Waals surface area contributed by atoms with E-state index >= 15 is 0 Å². The van der Waals surface area contributed by atoms with Crippen molar-refractivity contribution >= 4 is 56.6 Å². The molecule has 5 atom stereocenters. The van der Waals surface area contributed by atoms with Gasteiger partial charge < -0.3 is 29.7 Å². The van der Waals surface area contributed by atoms with E-state index in [-0.39, 0.29) is 44.7 Å². The van der Waals surface area contributed by atoms with Crippen molar-refractivity contribution in [2.45, 2.75) is 135 Å². The molecule has 3 N–H and O–H groups in total. The molecule has 5 rings (SSSR count). The first-order chi connectivity index (χ1) is 26.7. The molecule has 2 heterocycles. The molecule has 322 valence electrons. The van der Waals surface area contributed by atoms with Crippen LogP contribution in [0.1, 0.15) is 93.9 Å². The molecule has 3 aliphatic rings. The minimum Gasteiger partial charge on any atom is -0.488 e. The fourth-order valence-corrected chi connectivity index (χ4v) is 8.50. The third kappa shape index (κ3) is 10.7. The fourth-order valence-electron chi connectivity index (χ4n) is 7.14. The van der Waals surface area contributed by atoms with Crippen LogP contribution in [0.2, 0.25) is 5.02 Å². The Labute approximate surface area is 340 Å². The average Bonchev–Trinajstić information content (AvgIpc) is 3.94. The lowest BCUT2D eigenvalue weighted by atomic mass is 9.85. The molecule has 1 aromatic heterocycles. The predicted molar refractivity (Wildman–Crippen MR) is 205 cm³/mol. The molecule has 1 aromatic carbocycles. The summed E-state index contributed by atoms with van der Waals surface area (Å²) in [7, 11) is -5.04. The molecule has 1 saturated heterocycles. The number of aromatic nitrogens is 1. The van der Waals surface area contributed by atoms with Gasteiger partial charge in [-0.15, -0.1) is 0 Å². The first-order valence-corrected chi connectivity index (χ1v) is 20.8. The molecule has 20 heteroatoms. The SMILES string of the molecule is CCOc1cc(OC2CC(C(=O)NC3(C(=O)NS(=O)(=O)OC4(CC(F)(F)F)CC4)CC3CC)N(C(=O)C(NC(=O)OC(C)(C)C)C(C)(C)C)C2)c2cccc(Cl)c2n1. The number of hydrogen-bond donors (Lipinski definition) is 3. The molecule has 2 aliphatic carbocycles. The summed E-state index contributed by atoms with van der Waals surface area (Å²) >= 11 is 6.48. The van der Waals surface area contributed by atoms with Gasteiger partial charge in [-0.3, -0.25) is 14.4 Å². The molecular formula is C38H51ClF3N5O10S. The molecule has 2 saturated carbocycles. The lowest BCUT2D eigenvalue weighted by Crippen LogP contribution is -2.60. The molecule has 58 heavy (non-hydrogen) atoms. The van der Waals surface area contributed by atoms with Gasteiger partial charge >= 0.3 is 22.6 Å². The Morgan fingerprint density at radius 2 is 1.74 bits per heavy atom. The van der Waals surface area contributed by atoms with E-state index in [2.05, 4.69) is 15.6 Å². The van der Waals surface area contributed by atoms with E-state index in [1.165, 1.54) is 4.90 Å². The number of fused-ring (bicyclic) bond motifs is 1. The number of benzene rings is 1. The Balaban J connectivity index is 1.45. The number of carbonyl (C=O) groups excluding carboxylic acids is 4. The van der Waals surface area contributed by atoms with Gasteiger partial charge in [-0.05, 0) is 70.4 Å². The number of pyridine rings is 1. The van der Waals surface area contributed by atoms with E-state index in [0.29, 0.717) is 28.1 Å². The van der Waals surface area contributed by atoms with Crippen LogP contribution in [0.3, 0.4) is 0 Å². The topological polar surface area (TPSA) is 192 Å². The first kappa shape index (κ1) is 45.0. The van der Waals surface area contributed by atoms with Gasteiger partial charge in [-0.1, -0.05) is 51.8 Å². The van der Waals surface area contributed by atoms with Crippen LogP contribution in [0, 0.1) is 11.3 Å². The number of likely N-dealkylation sites (tertiary alicyclic amines) is 1. The van der Waals surface area contributed by atoms with Crippen molar-refractivity contribution in [3.63, 3.8) is 0 Å². The van der Waals surface area contributed by atoms with E-state index in [1.807, 2.05) is 0 Å². The van der Waals surface area contributed by atoms with Gasteiger partial charge in [-0.25, -0.2) is 18.7 Å². The lowest BCUT2D eigenvalue weighted by Gasteiger charge is -2.36. The number of amides is 4. The van der Waals surface area contributed by atoms with Gasteiger partial charge in [0.15, 0.2) is 0 Å². The summed E-state index contributed by atoms with van der Waals surface area (Å²) in [6, 6.07) is 4.09. The normalized spacial score (nSPS) is 23.4. The number of carbonyl (C=O) groups is 4. The molecule has 4 amide bonds. The van der Waals surface area contributed by atoms with Crippen LogP contribution >= 0.6 is 11.6 Å². The van der Waals surface area contributed by atoms with Crippen molar-refractivity contribution in [2.75, 3.05) is 13.2 Å². The highest BCUT2D eigenvalue weighted by atomic mass is 35.5. The maximum absolute atomic E-state index is 14.6. The van der Waals surface area contributed by atoms with Gasteiger partial charge in [-0.2, -0.15) is 21.6 Å². The molecule has 2 aromatic rings. The third-order valence-corrected chi connectivity index (χ3v) is 11.4. The fraction of sp³-hybridized carbons (Fsp3) is 0.658. The second kappa shape index (κ2) is 16.2. The molecule has 1 aliphatic heterocycles. The van der Waals surface area contributed by atoms with Crippen molar-refractivity contribution in [2.24, 2.45) is 11.3 Å². The Bertz CT molecular complexity index is 2040. The van der Waals surface area contributed by atoms with Crippen LogP contribution in [0.5, 0.6) is 11.6 Å². The van der Waals surface area contributed by atoms with Crippen LogP contribution in [0.25, 0.3) is 10.9 Å². The molecule has 0 bridgehead atoms. The summed E-state index contributed by atoms with van der Waals surface area (Å²) in [5.74, 6) is -2.75. The maximum atomic E-state index is 14.6. The van der Waals surface area contributed by atoms with Gasteiger partial charge in [0.1, 0.15) is 35.1 Å². The number of rotatable bonds is 14. The first-order valence-electron chi connectivity index (χ1n) is 19.1. The summed E-state index contributed by atoms with van der Waals surface area (Å²) < 4.78 is 89.4. The maximum Gasteiger partial charge on any atom is 0.408 e. The van der Waals surface area contributed by atoms with E-state index in [1.54, 1.807) is 84.4 Å². The Morgan fingerprint density at radius 1 is 1.07 bits per heavy atom. The smallest absolute Gasteiger partial charge is 0.408 e. The molecule has 0 spiro atoms. The summed E-state index contributed by atoms with van der Waals surface area (Å²) in [4.78, 5) is 61.4. The van der Waals surface area contributed by atoms with Gasteiger partial charge in [0, 0.05) is 17.9 Å². The second-order valence-corrected chi connectivity index (χ2v) is 18.9. The monoisotopic (exact) mass is 861 g/mol. The standard InChI is InChI=1S/C38H51ClF3N5O10S/c1-9-21-18-37(21,32(50)46-58(52,53)57-36(14-15-36)20-38(40,41)42)45-30(48)25-16-22(55-26-17-27(54-10-2)43-28-23(26)12-11-13-24(28)39)19-47(25)31(49)29(34(3,4)5)44-33(51)56-35(6,7)8/h11-13,17,21-22,25,29H,9-10,14-16,18-20H2,1-8H3,(H,44,51)(H,45,48)(H,46,50). The number of nitrogens with zero attached hydrogens (tertiary/aromatic N) is 2. The van der Waals surface area contributed by atoms with Crippen LogP contribution < -0.4 is 24.8 Å². The summed E-state index contributed by atoms with van der Waals surface area (Å²) in [5.41, 5.74) is -5.23. The number of halogens is 4. The zero-order chi connectivity index (χ0) is 43.2. The van der Waals surface area contributed by atoms with Crippen LogP contribution in [0.4, 0.5) is 18.0 Å². The van der Waals surface area contributed by atoms with Crippen molar-refractivity contribution in [1.29, 1.82) is 0 Å². The van der Waals surface area contributed by atoms with E-state index < -0.39 is 93.0 Å². The Morgan fingerprint density at radius 3 is 2.29 bits per heavy atom. The summed E-state index contributed by atoms with van der Waals surface area (Å²) in [6.07, 6.45) is -8.11. The van der Waals surface area contributed by atoms with E-state index in [9.17, 15) is 40.8 Å². The number of alkyl carbamates (subject to hydrolysis) is 1. The number of ether oxygens (including phenoxy) is 3. The lowest BCUT2D eigenvalue weighted by molar-refractivity contribution is -0.154. The van der Waals surface area contributed by atoms with Crippen molar-refractivity contribution in [3.8, 4) is 11.6 Å². The Kier molecular flexibility index (Phi) is 12.5. The molecule has 0 radical (unpaired) electrons. The number of hydrogen-bond acceptors (Lipinski definition) is 11. The number of para-hydroxylation sites is 1. The number of alkyl halides is 3. The zero-order valence-corrected chi connectivity index (χ0v) is 35.2. The van der Waals surface area contributed by atoms with Crippen molar-refractivity contribution in [3.05, 3.63) is 29.3 Å². The molecule has 3 fully saturated rings. The highest BCUT2D eigenvalue weighted by Gasteiger charge is 2.63. The van der Waals surface area contributed by atoms with Crippen LogP contribution in [0.15, 0.2) is 24.3 Å². The number of nitrogens with one attached hydrogen (secondary N) is 3. The van der Waals surface area contributed by atoms with Crippen molar-refractivity contribution < 1.29 is 59.2 Å².